The van der Waals surface area contributed by atoms with Gasteiger partial charge in [-0.25, -0.2) is 0 Å². The van der Waals surface area contributed by atoms with Gasteiger partial charge < -0.3 is 10.2 Å². The van der Waals surface area contributed by atoms with Crippen LogP contribution in [0.4, 0.5) is 5.69 Å². The van der Waals surface area contributed by atoms with Crippen LogP contribution in [-0.2, 0) is 0 Å². The molecule has 1 fully saturated rings. The Balaban J connectivity index is 1.75. The van der Waals surface area contributed by atoms with Crippen molar-refractivity contribution in [3.05, 3.63) is 29.8 Å². The Morgan fingerprint density at radius 3 is 2.78 bits per heavy atom. The monoisotopic (exact) mass is 243 g/mol. The van der Waals surface area contributed by atoms with E-state index in [1.807, 2.05) is 24.3 Å². The van der Waals surface area contributed by atoms with Gasteiger partial charge in [-0.05, 0) is 57.1 Å². The fourth-order valence-corrected chi connectivity index (χ4v) is 2.55. The molecule has 0 aliphatic carbocycles. The van der Waals surface area contributed by atoms with E-state index in [2.05, 4.69) is 23.3 Å². The third-order valence-corrected chi connectivity index (χ3v) is 3.74. The lowest BCUT2D eigenvalue weighted by molar-refractivity contribution is 0.179. The van der Waals surface area contributed by atoms with Crippen molar-refractivity contribution in [2.45, 2.75) is 31.7 Å². The molecule has 1 unspecified atom stereocenters. The number of piperidine rings is 1. The Bertz CT molecular complexity index is 405. The molecular formula is C15H21N3. The normalized spacial score (nSPS) is 20.3. The maximum atomic E-state index is 8.73. The van der Waals surface area contributed by atoms with Gasteiger partial charge in [0.25, 0.3) is 0 Å². The average Bonchev–Trinajstić information content (AvgIpc) is 2.42. The second kappa shape index (κ2) is 6.42. The summed E-state index contributed by atoms with van der Waals surface area (Å²) in [5.41, 5.74) is 1.82. The standard InChI is InChI=1S/C15H21N3/c1-18-11-3-2-4-15(18)9-10-17-14-7-5-13(12-16)6-8-14/h5-8,15,17H,2-4,9-11H2,1H3. The van der Waals surface area contributed by atoms with Crippen molar-refractivity contribution in [2.75, 3.05) is 25.5 Å². The molecule has 1 aromatic rings. The lowest BCUT2D eigenvalue weighted by atomic mass is 10.0. The van der Waals surface area contributed by atoms with Crippen molar-refractivity contribution >= 4 is 5.69 Å². The van der Waals surface area contributed by atoms with E-state index in [0.717, 1.165) is 18.3 Å². The second-order valence-electron chi connectivity index (χ2n) is 5.03. The Hall–Kier alpha value is -1.53. The molecule has 1 aromatic carbocycles. The van der Waals surface area contributed by atoms with Crippen molar-refractivity contribution in [1.29, 1.82) is 5.26 Å². The molecule has 3 nitrogen and oxygen atoms in total. The van der Waals surface area contributed by atoms with Gasteiger partial charge in [-0.15, -0.1) is 0 Å². The molecule has 0 aromatic heterocycles. The van der Waals surface area contributed by atoms with Crippen molar-refractivity contribution in [2.24, 2.45) is 0 Å². The van der Waals surface area contributed by atoms with Crippen molar-refractivity contribution in [1.82, 2.24) is 4.90 Å². The molecule has 0 saturated carbocycles. The highest BCUT2D eigenvalue weighted by atomic mass is 15.1. The number of hydrogen-bond donors (Lipinski definition) is 1. The number of rotatable bonds is 4. The summed E-state index contributed by atoms with van der Waals surface area (Å²) in [5, 5.41) is 12.2. The minimum absolute atomic E-state index is 0.715. The smallest absolute Gasteiger partial charge is 0.0991 e. The molecule has 3 heteroatoms. The highest BCUT2D eigenvalue weighted by molar-refractivity contribution is 5.47. The van der Waals surface area contributed by atoms with Gasteiger partial charge in [0.15, 0.2) is 0 Å². The number of hydrogen-bond acceptors (Lipinski definition) is 3. The predicted molar refractivity (Wildman–Crippen MR) is 74.5 cm³/mol. The molecule has 1 aliphatic rings. The SMILES string of the molecule is CN1CCCCC1CCNc1ccc(C#N)cc1. The molecule has 0 bridgehead atoms. The second-order valence-corrected chi connectivity index (χ2v) is 5.03. The minimum atomic E-state index is 0.715. The highest BCUT2D eigenvalue weighted by Crippen LogP contribution is 2.18. The van der Waals surface area contributed by atoms with E-state index in [1.165, 1.54) is 32.2 Å². The van der Waals surface area contributed by atoms with Gasteiger partial charge in [-0.3, -0.25) is 0 Å². The van der Waals surface area contributed by atoms with E-state index < -0.39 is 0 Å². The van der Waals surface area contributed by atoms with Gasteiger partial charge >= 0.3 is 0 Å². The van der Waals surface area contributed by atoms with Gasteiger partial charge in [-0.1, -0.05) is 6.42 Å². The van der Waals surface area contributed by atoms with Crippen LogP contribution in [0, 0.1) is 11.3 Å². The number of nitriles is 1. The van der Waals surface area contributed by atoms with Crippen LogP contribution >= 0.6 is 0 Å². The topological polar surface area (TPSA) is 39.1 Å². The molecule has 0 radical (unpaired) electrons. The van der Waals surface area contributed by atoms with E-state index >= 15 is 0 Å². The zero-order valence-electron chi connectivity index (χ0n) is 11.0. The first kappa shape index (κ1) is 12.9. The zero-order chi connectivity index (χ0) is 12.8. The van der Waals surface area contributed by atoms with Crippen LogP contribution in [0.3, 0.4) is 0 Å². The fourth-order valence-electron chi connectivity index (χ4n) is 2.55. The van der Waals surface area contributed by atoms with Crippen LogP contribution in [0.5, 0.6) is 0 Å². The average molecular weight is 243 g/mol. The number of anilines is 1. The van der Waals surface area contributed by atoms with Gasteiger partial charge in [0.1, 0.15) is 0 Å². The van der Waals surface area contributed by atoms with Crippen LogP contribution in [0.25, 0.3) is 0 Å². The predicted octanol–water partition coefficient (Wildman–Crippen LogP) is 2.84. The van der Waals surface area contributed by atoms with Crippen molar-refractivity contribution < 1.29 is 0 Å². The highest BCUT2D eigenvalue weighted by Gasteiger charge is 2.17. The summed E-state index contributed by atoms with van der Waals surface area (Å²) < 4.78 is 0. The van der Waals surface area contributed by atoms with E-state index in [-0.39, 0.29) is 0 Å². The van der Waals surface area contributed by atoms with E-state index in [4.69, 9.17) is 5.26 Å². The summed E-state index contributed by atoms with van der Waals surface area (Å²) in [5.74, 6) is 0. The first-order valence-corrected chi connectivity index (χ1v) is 6.74. The summed E-state index contributed by atoms with van der Waals surface area (Å²) >= 11 is 0. The van der Waals surface area contributed by atoms with Gasteiger partial charge in [0.2, 0.25) is 0 Å². The number of likely N-dealkylation sites (tertiary alicyclic amines) is 1. The van der Waals surface area contributed by atoms with Crippen molar-refractivity contribution in [3.63, 3.8) is 0 Å². The molecule has 1 atom stereocenters. The maximum absolute atomic E-state index is 8.73. The summed E-state index contributed by atoms with van der Waals surface area (Å²) in [6.07, 6.45) is 5.23. The summed E-state index contributed by atoms with van der Waals surface area (Å²) in [7, 11) is 2.23. The zero-order valence-corrected chi connectivity index (χ0v) is 11.0. The molecule has 1 aliphatic heterocycles. The van der Waals surface area contributed by atoms with Crippen LogP contribution in [0.2, 0.25) is 0 Å². The van der Waals surface area contributed by atoms with E-state index in [1.54, 1.807) is 0 Å². The van der Waals surface area contributed by atoms with Crippen LogP contribution in [0.15, 0.2) is 24.3 Å². The lowest BCUT2D eigenvalue weighted by Gasteiger charge is -2.32. The number of benzene rings is 1. The first-order valence-electron chi connectivity index (χ1n) is 6.74. The Morgan fingerprint density at radius 1 is 1.33 bits per heavy atom. The van der Waals surface area contributed by atoms with Gasteiger partial charge in [0, 0.05) is 18.3 Å². The first-order chi connectivity index (χ1) is 8.79. The summed E-state index contributed by atoms with van der Waals surface area (Å²) in [4.78, 5) is 2.48. The molecule has 0 spiro atoms. The lowest BCUT2D eigenvalue weighted by Crippen LogP contribution is -2.37. The molecule has 96 valence electrons. The molecule has 2 rings (SSSR count). The number of nitrogens with zero attached hydrogens (tertiary/aromatic N) is 2. The van der Waals surface area contributed by atoms with Gasteiger partial charge in [0.05, 0.1) is 11.6 Å². The maximum Gasteiger partial charge on any atom is 0.0991 e. The summed E-state index contributed by atoms with van der Waals surface area (Å²) in [6, 6.07) is 10.5. The minimum Gasteiger partial charge on any atom is -0.385 e. The molecular weight excluding hydrogens is 222 g/mol. The van der Waals surface area contributed by atoms with E-state index in [0.29, 0.717) is 5.56 Å². The van der Waals surface area contributed by atoms with Crippen LogP contribution in [-0.4, -0.2) is 31.1 Å². The van der Waals surface area contributed by atoms with Crippen molar-refractivity contribution in [3.8, 4) is 6.07 Å². The molecule has 1 heterocycles. The molecule has 0 amide bonds. The largest absolute Gasteiger partial charge is 0.385 e. The molecule has 18 heavy (non-hydrogen) atoms. The third kappa shape index (κ3) is 3.48. The molecule has 1 N–H and O–H groups in total. The third-order valence-electron chi connectivity index (χ3n) is 3.74. The number of nitrogens with one attached hydrogen (secondary N) is 1. The summed E-state index contributed by atoms with van der Waals surface area (Å²) in [6.45, 7) is 2.24. The Morgan fingerprint density at radius 2 is 2.11 bits per heavy atom. The quantitative estimate of drug-likeness (QED) is 0.883. The van der Waals surface area contributed by atoms with Crippen LogP contribution in [0.1, 0.15) is 31.2 Å². The molecule has 1 saturated heterocycles. The van der Waals surface area contributed by atoms with E-state index in [9.17, 15) is 0 Å². The Labute approximate surface area is 109 Å². The fraction of sp³-hybridized carbons (Fsp3) is 0.533. The Kier molecular flexibility index (Phi) is 4.60. The van der Waals surface area contributed by atoms with Gasteiger partial charge in [-0.2, -0.15) is 5.26 Å². The van der Waals surface area contributed by atoms with Crippen LogP contribution < -0.4 is 5.32 Å².